The minimum atomic E-state index is 0.140. The highest BCUT2D eigenvalue weighted by molar-refractivity contribution is 7.93. The Morgan fingerprint density at radius 3 is 2.96 bits per heavy atom. The zero-order valence-corrected chi connectivity index (χ0v) is 15.7. The Morgan fingerprint density at radius 2 is 2.19 bits per heavy atom. The Bertz CT molecular complexity index is 929. The predicted octanol–water partition coefficient (Wildman–Crippen LogP) is 3.86. The van der Waals surface area contributed by atoms with Gasteiger partial charge in [-0.05, 0) is 31.9 Å². The number of halogens is 1. The maximum atomic E-state index is 13.8. The van der Waals surface area contributed by atoms with Crippen molar-refractivity contribution in [3.05, 3.63) is 30.6 Å². The fraction of sp³-hybridized carbons (Fsp3) is 0.389. The lowest BCUT2D eigenvalue weighted by atomic mass is 10.1. The summed E-state index contributed by atoms with van der Waals surface area (Å²) in [6.07, 6.45) is 5.22. The zero-order valence-electron chi connectivity index (χ0n) is 14.9. The second kappa shape index (κ2) is 8.10. The number of anilines is 1. The molecule has 3 aromatic heterocycles. The summed E-state index contributed by atoms with van der Waals surface area (Å²) in [4.78, 5) is 12.9. The Hall–Kier alpha value is -2.39. The second-order valence-corrected chi connectivity index (χ2v) is 6.71. The second-order valence-electron chi connectivity index (χ2n) is 6.21. The van der Waals surface area contributed by atoms with E-state index in [0.29, 0.717) is 24.0 Å². The number of nitrogens with zero attached hydrogens (tertiary/aromatic N) is 4. The van der Waals surface area contributed by atoms with Crippen molar-refractivity contribution < 1.29 is 13.4 Å². The molecule has 27 heavy (non-hydrogen) atoms. The van der Waals surface area contributed by atoms with Gasteiger partial charge in [-0.2, -0.15) is 4.98 Å². The molecule has 4 rings (SSSR count). The van der Waals surface area contributed by atoms with Crippen molar-refractivity contribution in [2.75, 3.05) is 25.1 Å². The van der Waals surface area contributed by atoms with Crippen molar-refractivity contribution in [3.8, 4) is 17.4 Å². The molecule has 1 fully saturated rings. The molecule has 4 heterocycles. The standard InChI is InChI=1S/C18H20FN5O2S/c1-2-26-18-20-6-3-14(23-18)16-9-12-11-21-17(10-15(12)24(16)27-19)22-13-4-7-25-8-5-13/h3,6,9-11,13H,2,4-5,7-8H2,1H3,(H,21,22). The monoisotopic (exact) mass is 389 g/mol. The molecule has 0 amide bonds. The quantitative estimate of drug-likeness (QED) is 0.686. The number of nitrogens with one attached hydrogen (secondary N) is 1. The van der Waals surface area contributed by atoms with E-state index in [1.807, 2.05) is 19.1 Å². The van der Waals surface area contributed by atoms with E-state index < -0.39 is 0 Å². The molecule has 0 aliphatic carbocycles. The minimum absolute atomic E-state index is 0.140. The van der Waals surface area contributed by atoms with Crippen LogP contribution in [0.1, 0.15) is 19.8 Å². The molecule has 1 aliphatic heterocycles. The molecule has 0 unspecified atom stereocenters. The number of hydrogen-bond acceptors (Lipinski definition) is 7. The van der Waals surface area contributed by atoms with Gasteiger partial charge in [0, 0.05) is 43.1 Å². The summed E-state index contributed by atoms with van der Waals surface area (Å²) in [6, 6.07) is 6.06. The van der Waals surface area contributed by atoms with Gasteiger partial charge in [0.25, 0.3) is 0 Å². The molecular weight excluding hydrogens is 369 g/mol. The molecule has 1 saturated heterocycles. The van der Waals surface area contributed by atoms with Gasteiger partial charge in [-0.25, -0.2) is 9.97 Å². The normalized spacial score (nSPS) is 15.2. The maximum absolute atomic E-state index is 13.8. The van der Waals surface area contributed by atoms with Crippen LogP contribution >= 0.6 is 12.3 Å². The molecule has 0 aromatic carbocycles. The van der Waals surface area contributed by atoms with Crippen molar-refractivity contribution in [3.63, 3.8) is 0 Å². The van der Waals surface area contributed by atoms with Crippen LogP contribution in [0.3, 0.4) is 0 Å². The lowest BCUT2D eigenvalue weighted by Crippen LogP contribution is -2.28. The summed E-state index contributed by atoms with van der Waals surface area (Å²) < 4.78 is 26.1. The van der Waals surface area contributed by atoms with Gasteiger partial charge in [-0.15, -0.1) is 3.89 Å². The van der Waals surface area contributed by atoms with Crippen molar-refractivity contribution in [1.29, 1.82) is 0 Å². The first kappa shape index (κ1) is 18.0. The van der Waals surface area contributed by atoms with Gasteiger partial charge in [0.2, 0.25) is 0 Å². The summed E-state index contributed by atoms with van der Waals surface area (Å²) >= 11 is 0.140. The maximum Gasteiger partial charge on any atom is 0.316 e. The topological polar surface area (TPSA) is 74.1 Å². The largest absolute Gasteiger partial charge is 0.464 e. The Balaban J connectivity index is 1.69. The van der Waals surface area contributed by atoms with E-state index >= 15 is 0 Å². The minimum Gasteiger partial charge on any atom is -0.464 e. The van der Waals surface area contributed by atoms with Gasteiger partial charge >= 0.3 is 6.01 Å². The van der Waals surface area contributed by atoms with Crippen LogP contribution in [0, 0.1) is 0 Å². The van der Waals surface area contributed by atoms with E-state index in [-0.39, 0.29) is 18.3 Å². The molecule has 0 saturated carbocycles. The number of ether oxygens (including phenoxy) is 2. The molecule has 0 spiro atoms. The van der Waals surface area contributed by atoms with Crippen LogP contribution in [0.15, 0.2) is 30.6 Å². The van der Waals surface area contributed by atoms with E-state index in [0.717, 1.165) is 42.8 Å². The van der Waals surface area contributed by atoms with Gasteiger partial charge in [0.05, 0.1) is 23.5 Å². The fourth-order valence-electron chi connectivity index (χ4n) is 3.14. The van der Waals surface area contributed by atoms with E-state index in [9.17, 15) is 3.89 Å². The van der Waals surface area contributed by atoms with Gasteiger partial charge in [0.15, 0.2) is 12.3 Å². The highest BCUT2D eigenvalue weighted by atomic mass is 32.2. The van der Waals surface area contributed by atoms with Gasteiger partial charge in [-0.3, -0.25) is 3.97 Å². The molecule has 1 N–H and O–H groups in total. The first-order valence-corrected chi connectivity index (χ1v) is 9.57. The molecule has 142 valence electrons. The highest BCUT2D eigenvalue weighted by Crippen LogP contribution is 2.33. The summed E-state index contributed by atoms with van der Waals surface area (Å²) in [5.74, 6) is 0.729. The lowest BCUT2D eigenvalue weighted by molar-refractivity contribution is 0.0904. The molecule has 7 nitrogen and oxygen atoms in total. The fourth-order valence-corrected chi connectivity index (χ4v) is 3.60. The average Bonchev–Trinajstić information content (AvgIpc) is 3.07. The Morgan fingerprint density at radius 1 is 1.33 bits per heavy atom. The summed E-state index contributed by atoms with van der Waals surface area (Å²) in [7, 11) is 0. The lowest BCUT2D eigenvalue weighted by Gasteiger charge is -2.23. The average molecular weight is 389 g/mol. The smallest absolute Gasteiger partial charge is 0.316 e. The number of hydrogen-bond donors (Lipinski definition) is 1. The summed E-state index contributed by atoms with van der Waals surface area (Å²) in [5.41, 5.74) is 1.96. The van der Waals surface area contributed by atoms with E-state index in [1.165, 1.54) is 3.97 Å². The van der Waals surface area contributed by atoms with E-state index in [1.54, 1.807) is 18.5 Å². The number of pyridine rings is 1. The van der Waals surface area contributed by atoms with Crippen molar-refractivity contribution in [2.24, 2.45) is 0 Å². The number of rotatable bonds is 6. The Labute approximate surface area is 160 Å². The Kier molecular flexibility index (Phi) is 5.40. The molecular formula is C18H20FN5O2S. The molecule has 9 heteroatoms. The molecule has 0 radical (unpaired) electrons. The van der Waals surface area contributed by atoms with Crippen LogP contribution in [0.25, 0.3) is 22.3 Å². The van der Waals surface area contributed by atoms with Crippen molar-refractivity contribution in [1.82, 2.24) is 18.9 Å². The van der Waals surface area contributed by atoms with Crippen molar-refractivity contribution >= 4 is 29.1 Å². The molecule has 3 aromatic rings. The van der Waals surface area contributed by atoms with Crippen LogP contribution in [-0.2, 0) is 4.74 Å². The highest BCUT2D eigenvalue weighted by Gasteiger charge is 2.17. The molecule has 1 aliphatic rings. The number of fused-ring (bicyclic) bond motifs is 1. The number of aromatic nitrogens is 4. The first-order chi connectivity index (χ1) is 13.3. The summed E-state index contributed by atoms with van der Waals surface area (Å²) in [6.45, 7) is 3.83. The van der Waals surface area contributed by atoms with Crippen LogP contribution in [0.5, 0.6) is 6.01 Å². The predicted molar refractivity (Wildman–Crippen MR) is 103 cm³/mol. The third-order valence-electron chi connectivity index (χ3n) is 4.45. The van der Waals surface area contributed by atoms with Crippen LogP contribution < -0.4 is 10.1 Å². The zero-order chi connectivity index (χ0) is 18.6. The van der Waals surface area contributed by atoms with Gasteiger partial charge in [-0.1, -0.05) is 0 Å². The first-order valence-electron chi connectivity index (χ1n) is 8.89. The van der Waals surface area contributed by atoms with E-state index in [2.05, 4.69) is 20.3 Å². The van der Waals surface area contributed by atoms with Gasteiger partial charge in [0.1, 0.15) is 5.82 Å². The van der Waals surface area contributed by atoms with Crippen LogP contribution in [-0.4, -0.2) is 44.8 Å². The van der Waals surface area contributed by atoms with Crippen LogP contribution in [0.2, 0.25) is 0 Å². The third-order valence-corrected chi connectivity index (χ3v) is 4.98. The molecule has 0 atom stereocenters. The SMILES string of the molecule is CCOc1nccc(-c2cc3cnc(NC4CCOCC4)cc3n2SF)n1. The van der Waals surface area contributed by atoms with Gasteiger partial charge < -0.3 is 14.8 Å². The summed E-state index contributed by atoms with van der Waals surface area (Å²) in [5, 5.41) is 4.25. The van der Waals surface area contributed by atoms with Crippen molar-refractivity contribution in [2.45, 2.75) is 25.8 Å². The third kappa shape index (κ3) is 3.84. The van der Waals surface area contributed by atoms with Crippen LogP contribution in [0.4, 0.5) is 9.70 Å². The van der Waals surface area contributed by atoms with E-state index in [4.69, 9.17) is 9.47 Å². The molecule has 0 bridgehead atoms.